The van der Waals surface area contributed by atoms with Gasteiger partial charge in [0.2, 0.25) is 0 Å². The van der Waals surface area contributed by atoms with Gasteiger partial charge < -0.3 is 10.4 Å². The standard InChI is InChI=1S/C14H19N3O3/c15-17-13(20)14(8-10-4-2-1-3-5-10)9-11(12(18)19)6-7-16-14/h1-5,11,16H,6-9,15H2,(H,17,20)(H,18,19). The Balaban J connectivity index is 2.26. The van der Waals surface area contributed by atoms with Crippen molar-refractivity contribution < 1.29 is 14.7 Å². The van der Waals surface area contributed by atoms with Crippen LogP contribution in [0.15, 0.2) is 30.3 Å². The molecule has 20 heavy (non-hydrogen) atoms. The fourth-order valence-electron chi connectivity index (χ4n) is 2.76. The predicted molar refractivity (Wildman–Crippen MR) is 73.6 cm³/mol. The molecule has 1 aromatic rings. The fraction of sp³-hybridized carbons (Fsp3) is 0.429. The Labute approximate surface area is 117 Å². The van der Waals surface area contributed by atoms with E-state index in [0.29, 0.717) is 19.4 Å². The number of nitrogens with one attached hydrogen (secondary N) is 2. The highest BCUT2D eigenvalue weighted by molar-refractivity contribution is 5.87. The van der Waals surface area contributed by atoms with Crippen molar-refractivity contribution in [3.8, 4) is 0 Å². The van der Waals surface area contributed by atoms with Crippen molar-refractivity contribution in [1.29, 1.82) is 0 Å². The number of hydrogen-bond acceptors (Lipinski definition) is 4. The summed E-state index contributed by atoms with van der Waals surface area (Å²) in [5.41, 5.74) is 2.17. The Morgan fingerprint density at radius 3 is 2.70 bits per heavy atom. The van der Waals surface area contributed by atoms with Crippen LogP contribution in [-0.4, -0.2) is 29.1 Å². The maximum atomic E-state index is 12.2. The lowest BCUT2D eigenvalue weighted by Crippen LogP contribution is -2.63. The van der Waals surface area contributed by atoms with Crippen molar-refractivity contribution in [2.75, 3.05) is 6.54 Å². The van der Waals surface area contributed by atoms with Crippen LogP contribution in [0.5, 0.6) is 0 Å². The molecule has 2 unspecified atom stereocenters. The Hall–Kier alpha value is -1.92. The molecule has 1 amide bonds. The summed E-state index contributed by atoms with van der Waals surface area (Å²) < 4.78 is 0. The number of amides is 1. The van der Waals surface area contributed by atoms with Gasteiger partial charge in [-0.15, -0.1) is 0 Å². The van der Waals surface area contributed by atoms with E-state index >= 15 is 0 Å². The van der Waals surface area contributed by atoms with Crippen LogP contribution in [0.1, 0.15) is 18.4 Å². The Bertz CT molecular complexity index is 492. The second kappa shape index (κ2) is 6.02. The summed E-state index contributed by atoms with van der Waals surface area (Å²) in [5, 5.41) is 12.4. The van der Waals surface area contributed by atoms with Gasteiger partial charge in [0.25, 0.3) is 5.91 Å². The molecule has 1 aliphatic heterocycles. The average molecular weight is 277 g/mol. The molecule has 2 atom stereocenters. The van der Waals surface area contributed by atoms with Gasteiger partial charge in [-0.1, -0.05) is 30.3 Å². The molecule has 0 aliphatic carbocycles. The summed E-state index contributed by atoms with van der Waals surface area (Å²) in [6.07, 6.45) is 1.17. The number of hydrogen-bond donors (Lipinski definition) is 4. The van der Waals surface area contributed by atoms with Crippen molar-refractivity contribution in [3.63, 3.8) is 0 Å². The van der Waals surface area contributed by atoms with Crippen molar-refractivity contribution in [3.05, 3.63) is 35.9 Å². The third kappa shape index (κ3) is 2.97. The lowest BCUT2D eigenvalue weighted by molar-refractivity contribution is -0.145. The number of carboxylic acids is 1. The smallest absolute Gasteiger partial charge is 0.306 e. The van der Waals surface area contributed by atoms with Gasteiger partial charge in [-0.05, 0) is 31.4 Å². The van der Waals surface area contributed by atoms with Gasteiger partial charge in [-0.25, -0.2) is 5.84 Å². The monoisotopic (exact) mass is 277 g/mol. The van der Waals surface area contributed by atoms with E-state index in [-0.39, 0.29) is 12.3 Å². The van der Waals surface area contributed by atoms with E-state index in [9.17, 15) is 14.7 Å². The normalized spacial score (nSPS) is 25.9. The van der Waals surface area contributed by atoms with Crippen LogP contribution in [0.25, 0.3) is 0 Å². The fourth-order valence-corrected chi connectivity index (χ4v) is 2.76. The number of hydrazine groups is 1. The summed E-state index contributed by atoms with van der Waals surface area (Å²) in [4.78, 5) is 23.4. The van der Waals surface area contributed by atoms with Gasteiger partial charge in [-0.2, -0.15) is 0 Å². The molecule has 6 heteroatoms. The number of carboxylic acid groups (broad SMARTS) is 1. The molecular weight excluding hydrogens is 258 g/mol. The van der Waals surface area contributed by atoms with Gasteiger partial charge in [0.05, 0.1) is 5.92 Å². The highest BCUT2D eigenvalue weighted by Gasteiger charge is 2.44. The highest BCUT2D eigenvalue weighted by atomic mass is 16.4. The van der Waals surface area contributed by atoms with Crippen molar-refractivity contribution in [2.24, 2.45) is 11.8 Å². The molecule has 0 spiro atoms. The second-order valence-corrected chi connectivity index (χ2v) is 5.17. The number of aliphatic carboxylic acids is 1. The zero-order chi connectivity index (χ0) is 14.6. The van der Waals surface area contributed by atoms with E-state index in [2.05, 4.69) is 10.7 Å². The highest BCUT2D eigenvalue weighted by Crippen LogP contribution is 2.28. The molecule has 108 valence electrons. The van der Waals surface area contributed by atoms with Crippen LogP contribution >= 0.6 is 0 Å². The first-order valence-electron chi connectivity index (χ1n) is 6.60. The zero-order valence-corrected chi connectivity index (χ0v) is 11.1. The molecule has 5 N–H and O–H groups in total. The first kappa shape index (κ1) is 14.5. The minimum absolute atomic E-state index is 0.236. The third-order valence-electron chi connectivity index (χ3n) is 3.81. The van der Waals surface area contributed by atoms with Crippen LogP contribution in [0, 0.1) is 5.92 Å². The van der Waals surface area contributed by atoms with Crippen LogP contribution in [0.3, 0.4) is 0 Å². The van der Waals surface area contributed by atoms with E-state index in [1.807, 2.05) is 30.3 Å². The number of rotatable bonds is 4. The maximum Gasteiger partial charge on any atom is 0.306 e. The molecule has 0 saturated carbocycles. The first-order chi connectivity index (χ1) is 9.57. The lowest BCUT2D eigenvalue weighted by atomic mass is 9.77. The number of piperidine rings is 1. The average Bonchev–Trinajstić information content (AvgIpc) is 2.47. The van der Waals surface area contributed by atoms with Gasteiger partial charge in [0.15, 0.2) is 0 Å². The summed E-state index contributed by atoms with van der Waals surface area (Å²) in [6, 6.07) is 9.50. The lowest BCUT2D eigenvalue weighted by Gasteiger charge is -2.39. The van der Waals surface area contributed by atoms with Crippen molar-refractivity contribution >= 4 is 11.9 Å². The van der Waals surface area contributed by atoms with Gasteiger partial charge in [-0.3, -0.25) is 15.0 Å². The molecule has 0 radical (unpaired) electrons. The van der Waals surface area contributed by atoms with Crippen LogP contribution in [0.4, 0.5) is 0 Å². The van der Waals surface area contributed by atoms with Gasteiger partial charge in [0, 0.05) is 0 Å². The van der Waals surface area contributed by atoms with E-state index in [1.54, 1.807) is 0 Å². The van der Waals surface area contributed by atoms with E-state index < -0.39 is 17.4 Å². The SMILES string of the molecule is NNC(=O)C1(Cc2ccccc2)CC(C(=O)O)CCN1. The summed E-state index contributed by atoms with van der Waals surface area (Å²) >= 11 is 0. The number of carbonyl (C=O) groups is 2. The molecule has 6 nitrogen and oxygen atoms in total. The Kier molecular flexibility index (Phi) is 4.36. The number of nitrogens with two attached hydrogens (primary N) is 1. The quantitative estimate of drug-likeness (QED) is 0.353. The number of benzene rings is 1. The maximum absolute atomic E-state index is 12.2. The van der Waals surface area contributed by atoms with Gasteiger partial charge in [0.1, 0.15) is 5.54 Å². The molecule has 0 bridgehead atoms. The predicted octanol–water partition coefficient (Wildman–Crippen LogP) is 0.0420. The first-order valence-corrected chi connectivity index (χ1v) is 6.60. The largest absolute Gasteiger partial charge is 0.481 e. The molecule has 1 aromatic carbocycles. The molecule has 1 saturated heterocycles. The van der Waals surface area contributed by atoms with Crippen LogP contribution < -0.4 is 16.6 Å². The van der Waals surface area contributed by atoms with Gasteiger partial charge >= 0.3 is 5.97 Å². The molecule has 1 aliphatic rings. The Morgan fingerprint density at radius 2 is 2.10 bits per heavy atom. The van der Waals surface area contributed by atoms with Crippen molar-refractivity contribution in [2.45, 2.75) is 24.8 Å². The van der Waals surface area contributed by atoms with E-state index in [4.69, 9.17) is 5.84 Å². The van der Waals surface area contributed by atoms with Crippen LogP contribution in [-0.2, 0) is 16.0 Å². The minimum atomic E-state index is -0.961. The molecule has 2 rings (SSSR count). The Morgan fingerprint density at radius 1 is 1.40 bits per heavy atom. The molecule has 1 fully saturated rings. The molecule has 1 heterocycles. The topological polar surface area (TPSA) is 104 Å². The zero-order valence-electron chi connectivity index (χ0n) is 11.1. The van der Waals surface area contributed by atoms with E-state index in [1.165, 1.54) is 0 Å². The summed E-state index contributed by atoms with van der Waals surface area (Å²) in [6.45, 7) is 0.483. The summed E-state index contributed by atoms with van der Waals surface area (Å²) in [5.74, 6) is 3.51. The number of carbonyl (C=O) groups excluding carboxylic acids is 1. The summed E-state index contributed by atoms with van der Waals surface area (Å²) in [7, 11) is 0. The van der Waals surface area contributed by atoms with E-state index in [0.717, 1.165) is 5.56 Å². The molecule has 0 aromatic heterocycles. The molecular formula is C14H19N3O3. The third-order valence-corrected chi connectivity index (χ3v) is 3.81. The minimum Gasteiger partial charge on any atom is -0.481 e. The van der Waals surface area contributed by atoms with Crippen molar-refractivity contribution in [1.82, 2.24) is 10.7 Å². The second-order valence-electron chi connectivity index (χ2n) is 5.17. The van der Waals surface area contributed by atoms with Crippen LogP contribution in [0.2, 0.25) is 0 Å².